The van der Waals surface area contributed by atoms with Gasteiger partial charge in [0.1, 0.15) is 23.3 Å². The van der Waals surface area contributed by atoms with E-state index in [-0.39, 0.29) is 25.1 Å². The highest BCUT2D eigenvalue weighted by Crippen LogP contribution is 2.29. The monoisotopic (exact) mass is 558 g/mol. The molecule has 1 atom stereocenters. The maximum atomic E-state index is 13.7. The molecule has 0 spiro atoms. The second-order valence-corrected chi connectivity index (χ2v) is 9.74. The molecular weight excluding hydrogens is 527 g/mol. The maximum absolute atomic E-state index is 13.7. The van der Waals surface area contributed by atoms with Gasteiger partial charge in [-0.25, -0.2) is 0 Å². The minimum atomic E-state index is -0.844. The van der Waals surface area contributed by atoms with Gasteiger partial charge >= 0.3 is 0 Å². The molecule has 3 rings (SSSR count). The molecule has 0 aromatic heterocycles. The van der Waals surface area contributed by atoms with Crippen molar-refractivity contribution in [3.8, 4) is 17.2 Å². The van der Waals surface area contributed by atoms with E-state index in [1.165, 1.54) is 19.1 Å². The minimum Gasteiger partial charge on any atom is -0.496 e. The fraction of sp³-hybridized carbons (Fsp3) is 0.310. The fourth-order valence-corrected chi connectivity index (χ4v) is 4.40. The van der Waals surface area contributed by atoms with E-state index in [1.54, 1.807) is 36.4 Å². The quantitative estimate of drug-likeness (QED) is 0.315. The zero-order valence-corrected chi connectivity index (χ0v) is 23.4. The highest BCUT2D eigenvalue weighted by Gasteiger charge is 2.32. The minimum absolute atomic E-state index is 0.0190. The molecule has 1 N–H and O–H groups in total. The van der Waals surface area contributed by atoms with Gasteiger partial charge in [-0.1, -0.05) is 59.6 Å². The van der Waals surface area contributed by atoms with Crippen LogP contribution in [0, 0.1) is 0 Å². The van der Waals surface area contributed by atoms with Gasteiger partial charge in [0.25, 0.3) is 5.91 Å². The predicted octanol–water partition coefficient (Wildman–Crippen LogP) is 5.55. The molecule has 0 fully saturated rings. The molecule has 0 unspecified atom stereocenters. The Hall–Kier alpha value is -3.42. The van der Waals surface area contributed by atoms with Gasteiger partial charge in [0, 0.05) is 52.8 Å². The SMILES string of the molecule is COc1cc(OC)cc(OCC(=O)N(Cc2c(Cl)cccc2Cl)[C@@H](Cc2ccccc2)C(=O)NC(C)C)c1. The van der Waals surface area contributed by atoms with Crippen molar-refractivity contribution in [2.45, 2.75) is 38.9 Å². The van der Waals surface area contributed by atoms with Crippen molar-refractivity contribution in [2.75, 3.05) is 20.8 Å². The van der Waals surface area contributed by atoms with Crippen molar-refractivity contribution >= 4 is 35.0 Å². The Bertz CT molecular complexity index is 1190. The summed E-state index contributed by atoms with van der Waals surface area (Å²) in [6.07, 6.45) is 0.292. The van der Waals surface area contributed by atoms with Crippen LogP contribution >= 0.6 is 23.2 Å². The lowest BCUT2D eigenvalue weighted by Crippen LogP contribution is -2.52. The number of carbonyl (C=O) groups is 2. The molecule has 3 aromatic rings. The molecule has 38 heavy (non-hydrogen) atoms. The Balaban J connectivity index is 1.97. The molecule has 202 valence electrons. The van der Waals surface area contributed by atoms with E-state index < -0.39 is 11.9 Å². The van der Waals surface area contributed by atoms with Crippen LogP contribution in [0.25, 0.3) is 0 Å². The molecule has 0 saturated carbocycles. The number of hydrogen-bond donors (Lipinski definition) is 1. The predicted molar refractivity (Wildman–Crippen MR) is 149 cm³/mol. The summed E-state index contributed by atoms with van der Waals surface area (Å²) < 4.78 is 16.4. The normalized spacial score (nSPS) is 11.6. The number of ether oxygens (including phenoxy) is 3. The van der Waals surface area contributed by atoms with Crippen LogP contribution < -0.4 is 19.5 Å². The van der Waals surface area contributed by atoms with Crippen molar-refractivity contribution in [1.82, 2.24) is 10.2 Å². The first-order chi connectivity index (χ1) is 18.2. The Morgan fingerprint density at radius 2 is 1.45 bits per heavy atom. The van der Waals surface area contributed by atoms with Crippen LogP contribution in [0.4, 0.5) is 0 Å². The zero-order chi connectivity index (χ0) is 27.7. The van der Waals surface area contributed by atoms with Crippen LogP contribution in [0.1, 0.15) is 25.0 Å². The van der Waals surface area contributed by atoms with Gasteiger partial charge in [-0.3, -0.25) is 9.59 Å². The lowest BCUT2D eigenvalue weighted by atomic mass is 10.0. The molecule has 7 nitrogen and oxygen atoms in total. The van der Waals surface area contributed by atoms with E-state index in [0.717, 1.165) is 5.56 Å². The first-order valence-corrected chi connectivity index (χ1v) is 12.9. The van der Waals surface area contributed by atoms with Crippen molar-refractivity contribution in [1.29, 1.82) is 0 Å². The fourth-order valence-electron chi connectivity index (χ4n) is 3.88. The topological polar surface area (TPSA) is 77.1 Å². The highest BCUT2D eigenvalue weighted by molar-refractivity contribution is 6.36. The molecule has 0 aliphatic rings. The number of amides is 2. The van der Waals surface area contributed by atoms with Gasteiger partial charge in [-0.2, -0.15) is 0 Å². The van der Waals surface area contributed by atoms with Crippen molar-refractivity contribution in [2.24, 2.45) is 0 Å². The summed E-state index contributed by atoms with van der Waals surface area (Å²) in [7, 11) is 3.06. The van der Waals surface area contributed by atoms with E-state index in [1.807, 2.05) is 44.2 Å². The van der Waals surface area contributed by atoms with Crippen molar-refractivity contribution in [3.05, 3.63) is 87.9 Å². The van der Waals surface area contributed by atoms with Gasteiger partial charge in [0.2, 0.25) is 5.91 Å². The third-order valence-corrected chi connectivity index (χ3v) is 6.49. The summed E-state index contributed by atoms with van der Waals surface area (Å²) in [5.74, 6) is 0.720. The number of halogens is 2. The largest absolute Gasteiger partial charge is 0.496 e. The number of carbonyl (C=O) groups excluding carboxylic acids is 2. The molecule has 9 heteroatoms. The Morgan fingerprint density at radius 3 is 2.00 bits per heavy atom. The number of rotatable bonds is 12. The number of nitrogens with zero attached hydrogens (tertiary/aromatic N) is 1. The second kappa shape index (κ2) is 13.9. The van der Waals surface area contributed by atoms with Gasteiger partial charge in [0.05, 0.1) is 14.2 Å². The summed E-state index contributed by atoms with van der Waals surface area (Å²) in [5.41, 5.74) is 1.44. The molecule has 3 aromatic carbocycles. The number of hydrogen-bond acceptors (Lipinski definition) is 5. The van der Waals surface area contributed by atoms with E-state index in [2.05, 4.69) is 5.32 Å². The third kappa shape index (κ3) is 8.04. The van der Waals surface area contributed by atoms with Crippen LogP contribution in [0.5, 0.6) is 17.2 Å². The molecule has 0 saturated heterocycles. The number of benzene rings is 3. The molecule has 0 aliphatic heterocycles. The Kier molecular flexibility index (Phi) is 10.7. The molecular formula is C29H32Cl2N2O5. The summed E-state index contributed by atoms with van der Waals surface area (Å²) in [6.45, 7) is 3.42. The first kappa shape index (κ1) is 29.1. The highest BCUT2D eigenvalue weighted by atomic mass is 35.5. The van der Waals surface area contributed by atoms with Crippen molar-refractivity contribution in [3.63, 3.8) is 0 Å². The van der Waals surface area contributed by atoms with Crippen LogP contribution in [-0.4, -0.2) is 49.6 Å². The maximum Gasteiger partial charge on any atom is 0.261 e. The summed E-state index contributed by atoms with van der Waals surface area (Å²) in [5, 5.41) is 3.74. The average Bonchev–Trinajstić information content (AvgIpc) is 2.90. The smallest absolute Gasteiger partial charge is 0.261 e. The molecule has 2 amide bonds. The molecule has 0 bridgehead atoms. The lowest BCUT2D eigenvalue weighted by Gasteiger charge is -2.32. The van der Waals surface area contributed by atoms with Gasteiger partial charge in [-0.05, 0) is 31.5 Å². The average molecular weight is 559 g/mol. The first-order valence-electron chi connectivity index (χ1n) is 12.1. The third-order valence-electron chi connectivity index (χ3n) is 5.78. The van der Waals surface area contributed by atoms with Gasteiger partial charge in [0.15, 0.2) is 6.61 Å². The second-order valence-electron chi connectivity index (χ2n) is 8.93. The van der Waals surface area contributed by atoms with Crippen LogP contribution in [0.2, 0.25) is 10.0 Å². The van der Waals surface area contributed by atoms with E-state index in [0.29, 0.717) is 39.3 Å². The molecule has 0 heterocycles. The van der Waals surface area contributed by atoms with Crippen molar-refractivity contribution < 1.29 is 23.8 Å². The van der Waals surface area contributed by atoms with Crippen LogP contribution in [0.3, 0.4) is 0 Å². The van der Waals surface area contributed by atoms with Gasteiger partial charge in [-0.15, -0.1) is 0 Å². The van der Waals surface area contributed by atoms with Gasteiger partial charge < -0.3 is 24.4 Å². The van der Waals surface area contributed by atoms with E-state index in [9.17, 15) is 9.59 Å². The Morgan fingerprint density at radius 1 is 0.868 bits per heavy atom. The summed E-state index contributed by atoms with van der Waals surface area (Å²) in [4.78, 5) is 28.7. The van der Waals surface area contributed by atoms with E-state index in [4.69, 9.17) is 37.4 Å². The summed E-state index contributed by atoms with van der Waals surface area (Å²) >= 11 is 12.9. The lowest BCUT2D eigenvalue weighted by molar-refractivity contribution is -0.143. The molecule has 0 aliphatic carbocycles. The summed E-state index contributed by atoms with van der Waals surface area (Å²) in [6, 6.07) is 18.7. The van der Waals surface area contributed by atoms with Crippen LogP contribution in [0.15, 0.2) is 66.7 Å². The van der Waals surface area contributed by atoms with E-state index >= 15 is 0 Å². The Labute approximate surface area is 233 Å². The molecule has 0 radical (unpaired) electrons. The zero-order valence-electron chi connectivity index (χ0n) is 21.9. The number of methoxy groups -OCH3 is 2. The number of nitrogens with one attached hydrogen (secondary N) is 1. The standard InChI is InChI=1S/C29H32Cl2N2O5/c1-19(2)32-29(35)27(13-20-9-6-5-7-10-20)33(17-24-25(30)11-8-12-26(24)31)28(34)18-38-23-15-21(36-3)14-22(16-23)37-4/h5-12,14-16,19,27H,13,17-18H2,1-4H3,(H,32,35)/t27-/m0/s1. The van der Waals surface area contributed by atoms with Crippen LogP contribution in [-0.2, 0) is 22.6 Å².